The molecule has 2 nitrogen and oxygen atoms in total. The van der Waals surface area contributed by atoms with Crippen molar-refractivity contribution >= 4 is 0 Å². The minimum Gasteiger partial charge on any atom is -0.406 e. The number of halogens is 4. The zero-order valence-corrected chi connectivity index (χ0v) is 17.1. The van der Waals surface area contributed by atoms with Gasteiger partial charge >= 0.3 is 6.36 Å². The van der Waals surface area contributed by atoms with Crippen LogP contribution in [-0.2, 0) is 6.54 Å². The Kier molecular flexibility index (Phi) is 8.06. The number of ether oxygens (including phenoxy) is 1. The van der Waals surface area contributed by atoms with E-state index >= 15 is 0 Å². The highest BCUT2D eigenvalue weighted by Crippen LogP contribution is 2.28. The van der Waals surface area contributed by atoms with Gasteiger partial charge in [-0.2, -0.15) is 0 Å². The molecule has 3 aromatic carbocycles. The highest BCUT2D eigenvalue weighted by molar-refractivity contribution is 5.33. The third-order valence-corrected chi connectivity index (χ3v) is 4.99. The van der Waals surface area contributed by atoms with Gasteiger partial charge in [0, 0.05) is 25.6 Å². The van der Waals surface area contributed by atoms with E-state index < -0.39 is 13.0 Å². The third kappa shape index (κ3) is 7.40. The number of benzene rings is 3. The van der Waals surface area contributed by atoms with Gasteiger partial charge in [-0.15, -0.1) is 13.2 Å². The molecular formula is C25H25F4NO. The molecule has 0 radical (unpaired) electrons. The Labute approximate surface area is 180 Å². The molecule has 0 amide bonds. The molecule has 6 heteroatoms. The molecule has 0 aromatic heterocycles. The summed E-state index contributed by atoms with van der Waals surface area (Å²) in [5.74, 6) is -0.199. The Balaban J connectivity index is 1.83. The van der Waals surface area contributed by atoms with Gasteiger partial charge in [-0.05, 0) is 35.2 Å². The first kappa shape index (κ1) is 22.8. The van der Waals surface area contributed by atoms with Crippen molar-refractivity contribution in [1.29, 1.82) is 0 Å². The van der Waals surface area contributed by atoms with Crippen LogP contribution in [0.25, 0.3) is 0 Å². The van der Waals surface area contributed by atoms with Crippen molar-refractivity contribution in [2.75, 3.05) is 19.8 Å². The Hall–Kier alpha value is -2.86. The molecule has 0 saturated heterocycles. The number of nitrogens with zero attached hydrogens (tertiary/aromatic N) is 1. The van der Waals surface area contributed by atoms with E-state index in [9.17, 15) is 17.6 Å². The molecule has 0 aliphatic carbocycles. The fraction of sp³-hybridized carbons (Fsp3) is 0.280. The second-order valence-electron chi connectivity index (χ2n) is 7.35. The first-order valence-corrected chi connectivity index (χ1v) is 10.2. The van der Waals surface area contributed by atoms with Gasteiger partial charge in [0.1, 0.15) is 5.75 Å². The lowest BCUT2D eigenvalue weighted by molar-refractivity contribution is -0.274. The van der Waals surface area contributed by atoms with E-state index in [4.69, 9.17) is 0 Å². The summed E-state index contributed by atoms with van der Waals surface area (Å²) in [5, 5.41) is 0. The minimum absolute atomic E-state index is 0.0524. The van der Waals surface area contributed by atoms with Gasteiger partial charge < -0.3 is 4.74 Å². The molecule has 3 rings (SSSR count). The maximum Gasteiger partial charge on any atom is 0.573 e. The molecule has 0 fully saturated rings. The normalized spacial score (nSPS) is 11.8. The molecule has 0 saturated carbocycles. The summed E-state index contributed by atoms with van der Waals surface area (Å²) in [5.41, 5.74) is 2.95. The third-order valence-electron chi connectivity index (χ3n) is 4.99. The van der Waals surface area contributed by atoms with Crippen LogP contribution in [0, 0.1) is 0 Å². The molecule has 0 N–H and O–H groups in total. The van der Waals surface area contributed by atoms with Gasteiger partial charge in [-0.25, -0.2) is 0 Å². The molecule has 0 spiro atoms. The average Bonchev–Trinajstić information content (AvgIpc) is 2.76. The monoisotopic (exact) mass is 431 g/mol. The van der Waals surface area contributed by atoms with Crippen LogP contribution in [0.15, 0.2) is 84.9 Å². The van der Waals surface area contributed by atoms with E-state index in [1.165, 1.54) is 18.2 Å². The van der Waals surface area contributed by atoms with Gasteiger partial charge in [0.05, 0.1) is 6.67 Å². The van der Waals surface area contributed by atoms with Crippen molar-refractivity contribution in [2.45, 2.75) is 25.2 Å². The second kappa shape index (κ2) is 11.0. The lowest BCUT2D eigenvalue weighted by Crippen LogP contribution is -2.30. The predicted molar refractivity (Wildman–Crippen MR) is 114 cm³/mol. The van der Waals surface area contributed by atoms with E-state index in [0.29, 0.717) is 31.6 Å². The molecule has 0 bridgehead atoms. The van der Waals surface area contributed by atoms with Crippen LogP contribution in [0.1, 0.15) is 29.0 Å². The molecule has 3 aromatic rings. The van der Waals surface area contributed by atoms with Crippen molar-refractivity contribution in [3.05, 3.63) is 102 Å². The summed E-state index contributed by atoms with van der Waals surface area (Å²) < 4.78 is 54.7. The van der Waals surface area contributed by atoms with E-state index in [2.05, 4.69) is 33.9 Å². The van der Waals surface area contributed by atoms with E-state index in [1.807, 2.05) is 36.4 Å². The molecular weight excluding hydrogens is 406 g/mol. The van der Waals surface area contributed by atoms with Crippen LogP contribution in [-0.4, -0.2) is 31.0 Å². The highest BCUT2D eigenvalue weighted by Gasteiger charge is 2.31. The molecule has 0 unspecified atom stereocenters. The van der Waals surface area contributed by atoms with Crippen molar-refractivity contribution in [1.82, 2.24) is 4.90 Å². The van der Waals surface area contributed by atoms with Crippen molar-refractivity contribution < 1.29 is 22.3 Å². The predicted octanol–water partition coefficient (Wildman–Crippen LogP) is 6.58. The van der Waals surface area contributed by atoms with Crippen LogP contribution in [0.2, 0.25) is 0 Å². The fourth-order valence-corrected chi connectivity index (χ4v) is 3.65. The number of hydrogen-bond donors (Lipinski definition) is 0. The topological polar surface area (TPSA) is 12.5 Å². The fourth-order valence-electron chi connectivity index (χ4n) is 3.65. The SMILES string of the molecule is FCCCN(Cc1cccc(OC(F)(F)F)c1)CC(c1ccccc1)c1ccccc1. The average molecular weight is 431 g/mol. The summed E-state index contributed by atoms with van der Waals surface area (Å²) in [6, 6.07) is 26.0. The maximum atomic E-state index is 13.0. The maximum absolute atomic E-state index is 13.0. The lowest BCUT2D eigenvalue weighted by atomic mass is 9.90. The van der Waals surface area contributed by atoms with Gasteiger partial charge in [-0.3, -0.25) is 9.29 Å². The number of alkyl halides is 4. The van der Waals surface area contributed by atoms with Crippen LogP contribution in [0.3, 0.4) is 0 Å². The quantitative estimate of drug-likeness (QED) is 0.336. The zero-order chi connectivity index (χ0) is 22.1. The first-order chi connectivity index (χ1) is 14.9. The molecule has 31 heavy (non-hydrogen) atoms. The molecule has 0 aliphatic heterocycles. The minimum atomic E-state index is -4.74. The highest BCUT2D eigenvalue weighted by atomic mass is 19.4. The van der Waals surface area contributed by atoms with Gasteiger partial charge in [-0.1, -0.05) is 72.8 Å². The molecule has 0 atom stereocenters. The summed E-state index contributed by atoms with van der Waals surface area (Å²) >= 11 is 0. The first-order valence-electron chi connectivity index (χ1n) is 10.2. The van der Waals surface area contributed by atoms with Gasteiger partial charge in [0.2, 0.25) is 0 Å². The Morgan fingerprint density at radius 3 is 1.97 bits per heavy atom. The lowest BCUT2D eigenvalue weighted by Gasteiger charge is -2.28. The summed E-state index contributed by atoms with van der Waals surface area (Å²) in [7, 11) is 0. The Bertz CT molecular complexity index is 876. The standard InChI is InChI=1S/C25H25F4NO/c26-15-8-16-30(18-20-9-7-14-23(17-20)31-25(27,28)29)19-24(21-10-3-1-4-11-21)22-12-5-2-6-13-22/h1-7,9-14,17,24H,8,15-16,18-19H2. The van der Waals surface area contributed by atoms with Crippen LogP contribution < -0.4 is 4.74 Å². The summed E-state index contributed by atoms with van der Waals surface area (Å²) in [4.78, 5) is 2.08. The largest absolute Gasteiger partial charge is 0.573 e. The van der Waals surface area contributed by atoms with Gasteiger partial charge in [0.15, 0.2) is 0 Å². The van der Waals surface area contributed by atoms with E-state index in [1.54, 1.807) is 6.07 Å². The van der Waals surface area contributed by atoms with Crippen LogP contribution in [0.4, 0.5) is 17.6 Å². The molecule has 164 valence electrons. The van der Waals surface area contributed by atoms with Crippen molar-refractivity contribution in [3.8, 4) is 5.75 Å². The number of hydrogen-bond acceptors (Lipinski definition) is 2. The van der Waals surface area contributed by atoms with Crippen molar-refractivity contribution in [3.63, 3.8) is 0 Å². The van der Waals surface area contributed by atoms with Crippen molar-refractivity contribution in [2.24, 2.45) is 0 Å². The summed E-state index contributed by atoms with van der Waals surface area (Å²) in [6.07, 6.45) is -4.38. The summed E-state index contributed by atoms with van der Waals surface area (Å²) in [6.45, 7) is 1.05. The Morgan fingerprint density at radius 2 is 1.42 bits per heavy atom. The van der Waals surface area contributed by atoms with E-state index in [0.717, 1.165) is 11.1 Å². The second-order valence-corrected chi connectivity index (χ2v) is 7.35. The smallest absolute Gasteiger partial charge is 0.406 e. The van der Waals surface area contributed by atoms with Crippen LogP contribution in [0.5, 0.6) is 5.75 Å². The van der Waals surface area contributed by atoms with Gasteiger partial charge in [0.25, 0.3) is 0 Å². The zero-order valence-electron chi connectivity index (χ0n) is 17.1. The van der Waals surface area contributed by atoms with Crippen LogP contribution >= 0.6 is 0 Å². The molecule has 0 aliphatic rings. The molecule has 0 heterocycles. The van der Waals surface area contributed by atoms with E-state index in [-0.39, 0.29) is 11.7 Å². The Morgan fingerprint density at radius 1 is 0.806 bits per heavy atom. The number of rotatable bonds is 10.